The fraction of sp³-hybridized carbons (Fsp3) is 0.0571. The number of benzene rings is 4. The predicted octanol–water partition coefficient (Wildman–Crippen LogP) is 9.16. The molecular weight excluding hydrogens is 581 g/mol. The number of hydrogen-bond acceptors (Lipinski definition) is 5. The third-order valence-corrected chi connectivity index (χ3v) is 8.48. The van der Waals surface area contributed by atoms with E-state index < -0.39 is 5.63 Å². The Kier molecular flexibility index (Phi) is 6.53. The number of nitrogens with zero attached hydrogens (tertiary/aromatic N) is 3. The van der Waals surface area contributed by atoms with Gasteiger partial charge in [0.25, 0.3) is 0 Å². The number of aryl methyl sites for hydroxylation is 2. The predicted molar refractivity (Wildman–Crippen MR) is 172 cm³/mol. The van der Waals surface area contributed by atoms with E-state index in [1.807, 2.05) is 85.9 Å². The smallest absolute Gasteiger partial charge is 0.346 e. The van der Waals surface area contributed by atoms with Crippen molar-refractivity contribution in [1.82, 2.24) is 14.8 Å². The maximum Gasteiger partial charge on any atom is 0.346 e. The molecule has 0 fully saturated rings. The largest absolute Gasteiger partial charge is 0.507 e. The molecule has 0 radical (unpaired) electrons. The number of para-hydroxylation sites is 1. The number of phenols is 1. The van der Waals surface area contributed by atoms with Crippen LogP contribution in [0.4, 0.5) is 0 Å². The normalized spacial score (nSPS) is 11.4. The Morgan fingerprint density at radius 1 is 0.837 bits per heavy atom. The van der Waals surface area contributed by atoms with Crippen LogP contribution in [0.1, 0.15) is 11.1 Å². The van der Waals surface area contributed by atoms with Crippen LogP contribution >= 0.6 is 23.2 Å². The molecule has 0 saturated carbocycles. The first-order valence-corrected chi connectivity index (χ1v) is 14.3. The van der Waals surface area contributed by atoms with Crippen LogP contribution < -0.4 is 5.63 Å². The van der Waals surface area contributed by atoms with E-state index in [2.05, 4.69) is 0 Å². The van der Waals surface area contributed by atoms with Gasteiger partial charge in [-0.15, -0.1) is 0 Å². The second-order valence-corrected chi connectivity index (χ2v) is 11.2. The van der Waals surface area contributed by atoms with E-state index >= 15 is 0 Å². The fourth-order valence-electron chi connectivity index (χ4n) is 5.42. The number of aromatic nitrogens is 3. The van der Waals surface area contributed by atoms with Crippen LogP contribution in [-0.2, 0) is 0 Å². The van der Waals surface area contributed by atoms with Gasteiger partial charge >= 0.3 is 5.63 Å². The minimum absolute atomic E-state index is 0.0731. The summed E-state index contributed by atoms with van der Waals surface area (Å²) in [5.41, 5.74) is 6.05. The summed E-state index contributed by atoms with van der Waals surface area (Å²) in [7, 11) is 0. The van der Waals surface area contributed by atoms with Gasteiger partial charge < -0.3 is 9.52 Å². The lowest BCUT2D eigenvalue weighted by atomic mass is 9.95. The number of phenolic OH excluding ortho intramolecular Hbond substituents is 1. The molecule has 0 aliphatic heterocycles. The van der Waals surface area contributed by atoms with Crippen LogP contribution in [-0.4, -0.2) is 19.9 Å². The van der Waals surface area contributed by atoms with Crippen molar-refractivity contribution >= 4 is 45.1 Å². The fourth-order valence-corrected chi connectivity index (χ4v) is 5.91. The number of rotatable bonds is 4. The molecular formula is C35H23Cl2N3O3. The molecule has 7 aromatic rings. The summed E-state index contributed by atoms with van der Waals surface area (Å²) >= 11 is 13.3. The molecule has 0 amide bonds. The van der Waals surface area contributed by atoms with Crippen molar-refractivity contribution in [1.29, 1.82) is 0 Å². The van der Waals surface area contributed by atoms with Crippen LogP contribution in [0.3, 0.4) is 0 Å². The molecule has 210 valence electrons. The summed E-state index contributed by atoms with van der Waals surface area (Å²) in [5, 5.41) is 17.5. The summed E-state index contributed by atoms with van der Waals surface area (Å²) < 4.78 is 7.64. The van der Waals surface area contributed by atoms with Crippen LogP contribution in [0.25, 0.3) is 61.2 Å². The summed E-state index contributed by atoms with van der Waals surface area (Å²) in [4.78, 5) is 18.7. The molecule has 8 heteroatoms. The van der Waals surface area contributed by atoms with E-state index in [0.29, 0.717) is 55.0 Å². The summed E-state index contributed by atoms with van der Waals surface area (Å²) in [5.74, 6) is -0.0731. The third-order valence-electron chi connectivity index (χ3n) is 7.51. The zero-order chi connectivity index (χ0) is 29.8. The molecule has 0 bridgehead atoms. The van der Waals surface area contributed by atoms with Crippen molar-refractivity contribution in [2.24, 2.45) is 0 Å². The van der Waals surface area contributed by atoms with Gasteiger partial charge in [0.2, 0.25) is 0 Å². The first-order chi connectivity index (χ1) is 20.8. The maximum atomic E-state index is 13.8. The number of pyridine rings is 1. The Balaban J connectivity index is 1.64. The van der Waals surface area contributed by atoms with Crippen LogP contribution in [0.5, 0.6) is 5.75 Å². The second kappa shape index (κ2) is 10.4. The first-order valence-electron chi connectivity index (χ1n) is 13.6. The van der Waals surface area contributed by atoms with Gasteiger partial charge in [-0.05, 0) is 61.4 Å². The zero-order valence-electron chi connectivity index (χ0n) is 23.1. The summed E-state index contributed by atoms with van der Waals surface area (Å²) in [6, 6.07) is 28.4. The highest BCUT2D eigenvalue weighted by molar-refractivity contribution is 6.44. The molecule has 1 N–H and O–H groups in total. The Morgan fingerprint density at radius 2 is 1.56 bits per heavy atom. The lowest BCUT2D eigenvalue weighted by molar-refractivity contribution is 0.477. The van der Waals surface area contributed by atoms with Gasteiger partial charge in [-0.1, -0.05) is 77.8 Å². The quantitative estimate of drug-likeness (QED) is 0.160. The summed E-state index contributed by atoms with van der Waals surface area (Å²) in [6.45, 7) is 3.69. The van der Waals surface area contributed by atoms with Gasteiger partial charge in [0.05, 0.1) is 37.9 Å². The van der Waals surface area contributed by atoms with E-state index in [-0.39, 0.29) is 16.3 Å². The highest BCUT2D eigenvalue weighted by Crippen LogP contribution is 2.45. The van der Waals surface area contributed by atoms with E-state index in [1.54, 1.807) is 29.8 Å². The average Bonchev–Trinajstić information content (AvgIpc) is 3.46. The minimum Gasteiger partial charge on any atom is -0.507 e. The van der Waals surface area contributed by atoms with Crippen molar-refractivity contribution in [2.75, 3.05) is 0 Å². The van der Waals surface area contributed by atoms with Crippen LogP contribution in [0, 0.1) is 13.8 Å². The van der Waals surface area contributed by atoms with Crippen molar-refractivity contribution in [3.63, 3.8) is 0 Å². The highest BCUT2D eigenvalue weighted by Gasteiger charge is 2.24. The SMILES string of the molecule is Cc1ccc2c(c1)oc(=O)c1c(-c3cn(-c4ccccc4)nc3-c3ccccc3)cc(-c3c(O)cc(C)c(Cl)c3Cl)nc12. The monoisotopic (exact) mass is 603 g/mol. The third kappa shape index (κ3) is 4.56. The molecule has 6 nitrogen and oxygen atoms in total. The van der Waals surface area contributed by atoms with Gasteiger partial charge in [0, 0.05) is 28.3 Å². The van der Waals surface area contributed by atoms with Gasteiger partial charge in [-0.2, -0.15) is 5.10 Å². The van der Waals surface area contributed by atoms with Gasteiger partial charge in [-0.3, -0.25) is 0 Å². The Bertz CT molecular complexity index is 2260. The lowest BCUT2D eigenvalue weighted by Crippen LogP contribution is -2.05. The highest BCUT2D eigenvalue weighted by atomic mass is 35.5. The summed E-state index contributed by atoms with van der Waals surface area (Å²) in [6.07, 6.45) is 1.89. The van der Waals surface area contributed by atoms with Gasteiger partial charge in [0.1, 0.15) is 17.0 Å². The standard InChI is InChI=1S/C35H23Cl2N3O3/c1-19-13-14-23-28(15-19)43-35(42)29-24(17-26(38-34(23)29)30-27(41)16-20(2)31(36)32(30)37)25-18-40(22-11-7-4-8-12-22)39-33(25)21-9-5-3-6-10-21/h3-18,41H,1-2H3. The van der Waals surface area contributed by atoms with Crippen molar-refractivity contribution in [2.45, 2.75) is 13.8 Å². The van der Waals surface area contributed by atoms with Crippen LogP contribution in [0.2, 0.25) is 10.0 Å². The number of aromatic hydroxyl groups is 1. The number of fused-ring (bicyclic) bond motifs is 3. The Hall–Kier alpha value is -4.91. The lowest BCUT2D eigenvalue weighted by Gasteiger charge is -2.14. The van der Waals surface area contributed by atoms with E-state index in [1.165, 1.54) is 0 Å². The number of halogens is 2. The van der Waals surface area contributed by atoms with E-state index in [4.69, 9.17) is 37.7 Å². The number of hydrogen-bond donors (Lipinski definition) is 1. The van der Waals surface area contributed by atoms with Gasteiger partial charge in [-0.25, -0.2) is 14.5 Å². The Morgan fingerprint density at radius 3 is 2.30 bits per heavy atom. The van der Waals surface area contributed by atoms with E-state index in [0.717, 1.165) is 16.8 Å². The zero-order valence-corrected chi connectivity index (χ0v) is 24.6. The second-order valence-electron chi connectivity index (χ2n) is 10.4. The molecule has 3 heterocycles. The molecule has 43 heavy (non-hydrogen) atoms. The molecule has 0 spiro atoms. The van der Waals surface area contributed by atoms with Crippen molar-refractivity contribution in [3.8, 4) is 45.1 Å². The molecule has 0 atom stereocenters. The molecule has 0 aliphatic carbocycles. The molecule has 0 aliphatic rings. The van der Waals surface area contributed by atoms with Crippen LogP contribution in [0.15, 0.2) is 106 Å². The molecule has 0 saturated heterocycles. The maximum absolute atomic E-state index is 13.8. The first kappa shape index (κ1) is 27.0. The Labute approximate surface area is 256 Å². The molecule has 0 unspecified atom stereocenters. The topological polar surface area (TPSA) is 81.2 Å². The van der Waals surface area contributed by atoms with E-state index in [9.17, 15) is 9.90 Å². The minimum atomic E-state index is -0.536. The van der Waals surface area contributed by atoms with Crippen molar-refractivity contribution in [3.05, 3.63) is 129 Å². The molecule has 4 aromatic carbocycles. The molecule has 3 aromatic heterocycles. The van der Waals surface area contributed by atoms with Gasteiger partial charge in [0.15, 0.2) is 0 Å². The average molecular weight is 604 g/mol. The molecule has 7 rings (SSSR count). The van der Waals surface area contributed by atoms with Crippen molar-refractivity contribution < 1.29 is 9.52 Å².